The average Bonchev–Trinajstić information content (AvgIpc) is 2.87. The minimum atomic E-state index is 0.0164. The lowest BCUT2D eigenvalue weighted by atomic mass is 10.1. The highest BCUT2D eigenvalue weighted by molar-refractivity contribution is 7.99. The second-order valence-electron chi connectivity index (χ2n) is 5.43. The molecule has 0 atom stereocenters. The van der Waals surface area contributed by atoms with Crippen LogP contribution in [0.2, 0.25) is 0 Å². The Morgan fingerprint density at radius 1 is 1.36 bits per heavy atom. The molecular formula is C16H22N4OS. The maximum atomic E-state index is 11.8. The summed E-state index contributed by atoms with van der Waals surface area (Å²) in [7, 11) is 0. The monoisotopic (exact) mass is 318 g/mol. The standard InChI is InChI=1S/C16H22N4OS/c1-5-20-15(13-8-6-7-12(4)9-13)18-19-16(20)22-10-14(21)17-11(2)3/h6-9,11H,5,10H2,1-4H3,(H,17,21). The van der Waals surface area contributed by atoms with Gasteiger partial charge in [-0.1, -0.05) is 35.5 Å². The SMILES string of the molecule is CCn1c(SCC(=O)NC(C)C)nnc1-c1cccc(C)c1. The van der Waals surface area contributed by atoms with E-state index in [2.05, 4.69) is 41.5 Å². The number of hydrogen-bond acceptors (Lipinski definition) is 4. The largest absolute Gasteiger partial charge is 0.353 e. The predicted octanol–water partition coefficient (Wildman–Crippen LogP) is 2.89. The van der Waals surface area contributed by atoms with E-state index in [1.54, 1.807) is 0 Å². The number of carbonyl (C=O) groups is 1. The predicted molar refractivity (Wildman–Crippen MR) is 89.9 cm³/mol. The quantitative estimate of drug-likeness (QED) is 0.832. The number of nitrogens with zero attached hydrogens (tertiary/aromatic N) is 3. The van der Waals surface area contributed by atoms with Gasteiger partial charge in [0.1, 0.15) is 0 Å². The van der Waals surface area contributed by atoms with Gasteiger partial charge in [0.25, 0.3) is 0 Å². The van der Waals surface area contributed by atoms with Gasteiger partial charge in [-0.3, -0.25) is 4.79 Å². The van der Waals surface area contributed by atoms with Crippen molar-refractivity contribution < 1.29 is 4.79 Å². The fourth-order valence-corrected chi connectivity index (χ4v) is 2.99. The van der Waals surface area contributed by atoms with Crippen LogP contribution in [0.4, 0.5) is 0 Å². The highest BCUT2D eigenvalue weighted by atomic mass is 32.2. The van der Waals surface area contributed by atoms with Gasteiger partial charge in [-0.25, -0.2) is 0 Å². The van der Waals surface area contributed by atoms with Crippen molar-refractivity contribution >= 4 is 17.7 Å². The fourth-order valence-electron chi connectivity index (χ4n) is 2.17. The molecule has 0 aliphatic rings. The Morgan fingerprint density at radius 3 is 2.77 bits per heavy atom. The van der Waals surface area contributed by atoms with E-state index in [4.69, 9.17) is 0 Å². The van der Waals surface area contributed by atoms with Crippen molar-refractivity contribution in [3.05, 3.63) is 29.8 Å². The van der Waals surface area contributed by atoms with Crippen molar-refractivity contribution in [1.29, 1.82) is 0 Å². The first kappa shape index (κ1) is 16.5. The molecule has 2 rings (SSSR count). The first-order chi connectivity index (χ1) is 10.5. The third-order valence-electron chi connectivity index (χ3n) is 3.09. The van der Waals surface area contributed by atoms with E-state index in [1.165, 1.54) is 17.3 Å². The highest BCUT2D eigenvalue weighted by Crippen LogP contribution is 2.24. The summed E-state index contributed by atoms with van der Waals surface area (Å²) in [6.45, 7) is 8.79. The zero-order valence-corrected chi connectivity index (χ0v) is 14.3. The third kappa shape index (κ3) is 4.10. The molecule has 0 unspecified atom stereocenters. The second-order valence-corrected chi connectivity index (χ2v) is 6.37. The molecule has 0 saturated heterocycles. The molecule has 1 aromatic heterocycles. The van der Waals surface area contributed by atoms with Gasteiger partial charge < -0.3 is 9.88 Å². The molecule has 1 heterocycles. The summed E-state index contributed by atoms with van der Waals surface area (Å²) < 4.78 is 2.04. The summed E-state index contributed by atoms with van der Waals surface area (Å²) in [6.07, 6.45) is 0. The lowest BCUT2D eigenvalue weighted by Gasteiger charge is -2.09. The Labute approximate surface area is 135 Å². The average molecular weight is 318 g/mol. The lowest BCUT2D eigenvalue weighted by Crippen LogP contribution is -2.31. The number of nitrogens with one attached hydrogen (secondary N) is 1. The maximum absolute atomic E-state index is 11.8. The Hall–Kier alpha value is -1.82. The Balaban J connectivity index is 2.16. The van der Waals surface area contributed by atoms with E-state index in [0.717, 1.165) is 23.1 Å². The number of aromatic nitrogens is 3. The van der Waals surface area contributed by atoms with Gasteiger partial charge in [0.15, 0.2) is 11.0 Å². The van der Waals surface area contributed by atoms with Crippen LogP contribution in [0.25, 0.3) is 11.4 Å². The second kappa shape index (κ2) is 7.45. The van der Waals surface area contributed by atoms with Gasteiger partial charge in [-0.15, -0.1) is 10.2 Å². The molecule has 1 aromatic carbocycles. The molecule has 22 heavy (non-hydrogen) atoms. The smallest absolute Gasteiger partial charge is 0.230 e. The number of rotatable bonds is 6. The maximum Gasteiger partial charge on any atom is 0.230 e. The van der Waals surface area contributed by atoms with Crippen LogP contribution in [-0.2, 0) is 11.3 Å². The van der Waals surface area contributed by atoms with Crippen LogP contribution in [0.3, 0.4) is 0 Å². The Kier molecular flexibility index (Phi) is 5.60. The molecule has 0 aliphatic heterocycles. The highest BCUT2D eigenvalue weighted by Gasteiger charge is 2.14. The molecule has 1 N–H and O–H groups in total. The van der Waals surface area contributed by atoms with Crippen LogP contribution in [-0.4, -0.2) is 32.5 Å². The number of amides is 1. The Morgan fingerprint density at radius 2 is 2.14 bits per heavy atom. The molecule has 0 bridgehead atoms. The molecule has 2 aromatic rings. The number of benzene rings is 1. The zero-order valence-electron chi connectivity index (χ0n) is 13.5. The van der Waals surface area contributed by atoms with Crippen molar-refractivity contribution in [3.63, 3.8) is 0 Å². The van der Waals surface area contributed by atoms with Crippen molar-refractivity contribution in [2.45, 2.75) is 45.4 Å². The first-order valence-electron chi connectivity index (χ1n) is 7.43. The normalized spacial score (nSPS) is 11.0. The molecule has 6 heteroatoms. The molecule has 0 spiro atoms. The van der Waals surface area contributed by atoms with Gasteiger partial charge in [0, 0.05) is 18.2 Å². The zero-order chi connectivity index (χ0) is 16.1. The van der Waals surface area contributed by atoms with Crippen LogP contribution in [0, 0.1) is 6.92 Å². The summed E-state index contributed by atoms with van der Waals surface area (Å²) in [4.78, 5) is 11.8. The summed E-state index contributed by atoms with van der Waals surface area (Å²) >= 11 is 1.42. The molecule has 1 amide bonds. The molecular weight excluding hydrogens is 296 g/mol. The molecule has 0 saturated carbocycles. The van der Waals surface area contributed by atoms with Gasteiger partial charge in [-0.05, 0) is 33.8 Å². The number of carbonyl (C=O) groups excluding carboxylic acids is 1. The van der Waals surface area contributed by atoms with Gasteiger partial charge in [0.2, 0.25) is 5.91 Å². The van der Waals surface area contributed by atoms with Crippen molar-refractivity contribution in [2.75, 3.05) is 5.75 Å². The van der Waals surface area contributed by atoms with E-state index in [0.29, 0.717) is 5.75 Å². The third-order valence-corrected chi connectivity index (χ3v) is 4.06. The van der Waals surface area contributed by atoms with Crippen LogP contribution < -0.4 is 5.32 Å². The summed E-state index contributed by atoms with van der Waals surface area (Å²) in [6, 6.07) is 8.35. The summed E-state index contributed by atoms with van der Waals surface area (Å²) in [5, 5.41) is 12.2. The molecule has 0 fully saturated rings. The van der Waals surface area contributed by atoms with Gasteiger partial charge in [-0.2, -0.15) is 0 Å². The van der Waals surface area contributed by atoms with Crippen LogP contribution in [0.1, 0.15) is 26.3 Å². The van der Waals surface area contributed by atoms with E-state index < -0.39 is 0 Å². The fraction of sp³-hybridized carbons (Fsp3) is 0.438. The molecule has 118 valence electrons. The van der Waals surface area contributed by atoms with Crippen LogP contribution >= 0.6 is 11.8 Å². The molecule has 5 nitrogen and oxygen atoms in total. The lowest BCUT2D eigenvalue weighted by molar-refractivity contribution is -0.119. The van der Waals surface area contributed by atoms with E-state index in [9.17, 15) is 4.79 Å². The van der Waals surface area contributed by atoms with Gasteiger partial charge in [0.05, 0.1) is 5.75 Å². The van der Waals surface area contributed by atoms with Crippen molar-refractivity contribution in [3.8, 4) is 11.4 Å². The van der Waals surface area contributed by atoms with Crippen LogP contribution in [0.15, 0.2) is 29.4 Å². The number of aryl methyl sites for hydroxylation is 1. The topological polar surface area (TPSA) is 59.8 Å². The van der Waals surface area contributed by atoms with Crippen molar-refractivity contribution in [1.82, 2.24) is 20.1 Å². The first-order valence-corrected chi connectivity index (χ1v) is 8.42. The van der Waals surface area contributed by atoms with E-state index >= 15 is 0 Å². The summed E-state index contributed by atoms with van der Waals surface area (Å²) in [5.41, 5.74) is 2.24. The number of hydrogen-bond donors (Lipinski definition) is 1. The van der Waals surface area contributed by atoms with E-state index in [1.807, 2.05) is 30.5 Å². The molecule has 0 aliphatic carbocycles. The summed E-state index contributed by atoms with van der Waals surface area (Å²) in [5.74, 6) is 1.21. The minimum absolute atomic E-state index is 0.0164. The van der Waals surface area contributed by atoms with Crippen molar-refractivity contribution in [2.24, 2.45) is 0 Å². The Bertz CT molecular complexity index is 651. The van der Waals surface area contributed by atoms with Crippen LogP contribution in [0.5, 0.6) is 0 Å². The van der Waals surface area contributed by atoms with Gasteiger partial charge >= 0.3 is 0 Å². The minimum Gasteiger partial charge on any atom is -0.353 e. The van der Waals surface area contributed by atoms with E-state index in [-0.39, 0.29) is 11.9 Å². The number of thioether (sulfide) groups is 1. The molecule has 0 radical (unpaired) electrons.